The van der Waals surface area contributed by atoms with Gasteiger partial charge in [-0.1, -0.05) is 24.3 Å². The molecular weight excluding hydrogens is 250 g/mol. The Labute approximate surface area is 105 Å². The van der Waals surface area contributed by atoms with E-state index in [1.165, 1.54) is 24.3 Å². The van der Waals surface area contributed by atoms with Gasteiger partial charge in [-0.25, -0.2) is 8.42 Å². The second-order valence-electron chi connectivity index (χ2n) is 4.21. The molecule has 0 aromatic heterocycles. The highest BCUT2D eigenvalue weighted by Gasteiger charge is 2.29. The molecule has 5 heteroatoms. The summed E-state index contributed by atoms with van der Waals surface area (Å²) in [6, 6.07) is 5.20. The van der Waals surface area contributed by atoms with E-state index in [0.29, 0.717) is 0 Å². The van der Waals surface area contributed by atoms with Crippen LogP contribution in [0.15, 0.2) is 64.6 Å². The third kappa shape index (κ3) is 1.77. The largest absolute Gasteiger partial charge is 0.508 e. The van der Waals surface area contributed by atoms with E-state index in [2.05, 4.69) is 4.72 Å². The Kier molecular flexibility index (Phi) is 2.39. The Bertz CT molecular complexity index is 659. The molecule has 2 aliphatic carbocycles. The predicted octanol–water partition coefficient (Wildman–Crippen LogP) is 1.48. The third-order valence-corrected chi connectivity index (χ3v) is 4.46. The molecule has 0 saturated carbocycles. The van der Waals surface area contributed by atoms with Gasteiger partial charge in [-0.3, -0.25) is 0 Å². The van der Waals surface area contributed by atoms with E-state index in [0.717, 1.165) is 11.1 Å². The van der Waals surface area contributed by atoms with Crippen molar-refractivity contribution in [3.05, 3.63) is 59.7 Å². The number of rotatable bonds is 3. The van der Waals surface area contributed by atoms with Crippen LogP contribution in [0.4, 0.5) is 0 Å². The Morgan fingerprint density at radius 2 is 1.56 bits per heavy atom. The van der Waals surface area contributed by atoms with Crippen molar-refractivity contribution in [1.82, 2.24) is 4.72 Å². The number of phenols is 1. The van der Waals surface area contributed by atoms with Gasteiger partial charge in [0.05, 0.1) is 10.9 Å². The van der Waals surface area contributed by atoms with E-state index in [1.807, 2.05) is 24.3 Å². The molecule has 0 atom stereocenters. The van der Waals surface area contributed by atoms with E-state index in [4.69, 9.17) is 5.11 Å². The zero-order chi connectivity index (χ0) is 12.8. The number of sulfonamides is 1. The van der Waals surface area contributed by atoms with E-state index in [1.54, 1.807) is 0 Å². The molecule has 4 nitrogen and oxygen atoms in total. The van der Waals surface area contributed by atoms with Crippen LogP contribution in [-0.4, -0.2) is 19.6 Å². The summed E-state index contributed by atoms with van der Waals surface area (Å²) in [5.41, 5.74) is 1.90. The molecule has 0 heterocycles. The highest BCUT2D eigenvalue weighted by atomic mass is 32.2. The van der Waals surface area contributed by atoms with Gasteiger partial charge in [0.2, 0.25) is 10.0 Å². The van der Waals surface area contributed by atoms with Crippen LogP contribution in [0.2, 0.25) is 0 Å². The fourth-order valence-electron chi connectivity index (χ4n) is 2.06. The van der Waals surface area contributed by atoms with Gasteiger partial charge in [-0.05, 0) is 35.4 Å². The highest BCUT2D eigenvalue weighted by molar-refractivity contribution is 7.89. The smallest absolute Gasteiger partial charge is 0.241 e. The molecule has 0 fully saturated rings. The molecule has 0 spiro atoms. The van der Waals surface area contributed by atoms with Crippen LogP contribution in [0.25, 0.3) is 0 Å². The Hall–Kier alpha value is -1.85. The Morgan fingerprint density at radius 1 is 1.00 bits per heavy atom. The number of allylic oxidation sites excluding steroid dienone is 2. The molecule has 0 unspecified atom stereocenters. The van der Waals surface area contributed by atoms with Gasteiger partial charge in [-0.2, -0.15) is 4.72 Å². The van der Waals surface area contributed by atoms with Crippen LogP contribution < -0.4 is 4.72 Å². The summed E-state index contributed by atoms with van der Waals surface area (Å²) in [5.74, 6) is 0.0435. The first-order valence-corrected chi connectivity index (χ1v) is 6.96. The SMILES string of the molecule is O=S(=O)(NC1C2=CC=C1C=C2)c1ccc(O)cc1. The van der Waals surface area contributed by atoms with Crippen LogP contribution >= 0.6 is 0 Å². The van der Waals surface area contributed by atoms with Crippen molar-refractivity contribution in [2.75, 3.05) is 0 Å². The van der Waals surface area contributed by atoms with Crippen molar-refractivity contribution < 1.29 is 13.5 Å². The number of hydrogen-bond donors (Lipinski definition) is 2. The van der Waals surface area contributed by atoms with Crippen LogP contribution in [-0.2, 0) is 10.0 Å². The summed E-state index contributed by atoms with van der Waals surface area (Å²) in [4.78, 5) is 0.146. The molecule has 0 amide bonds. The Morgan fingerprint density at radius 3 is 2.06 bits per heavy atom. The summed E-state index contributed by atoms with van der Waals surface area (Å²) in [7, 11) is -3.57. The molecule has 18 heavy (non-hydrogen) atoms. The number of aromatic hydroxyl groups is 1. The Balaban J connectivity index is 1.87. The number of fused-ring (bicyclic) bond motifs is 2. The summed E-state index contributed by atoms with van der Waals surface area (Å²) in [6.45, 7) is 0. The summed E-state index contributed by atoms with van der Waals surface area (Å²) in [6.07, 6.45) is 7.61. The molecule has 0 aliphatic heterocycles. The average molecular weight is 261 g/mol. The first kappa shape index (κ1) is 11.3. The zero-order valence-corrected chi connectivity index (χ0v) is 10.2. The first-order valence-electron chi connectivity index (χ1n) is 5.47. The minimum absolute atomic E-state index is 0.0435. The van der Waals surface area contributed by atoms with Gasteiger partial charge in [0, 0.05) is 0 Å². The van der Waals surface area contributed by atoms with Crippen LogP contribution in [0.1, 0.15) is 0 Å². The maximum Gasteiger partial charge on any atom is 0.241 e. The van der Waals surface area contributed by atoms with Crippen molar-refractivity contribution >= 4 is 10.0 Å². The molecule has 2 N–H and O–H groups in total. The van der Waals surface area contributed by atoms with E-state index >= 15 is 0 Å². The standard InChI is InChI=1S/C13H11NO3S/c15-11-5-7-12(8-6-11)18(16,17)14-13-9-1-2-10(13)4-3-9/h1-8,13-15H. The monoisotopic (exact) mass is 261 g/mol. The highest BCUT2D eigenvalue weighted by Crippen LogP contribution is 2.30. The molecule has 1 aromatic rings. The van der Waals surface area contributed by atoms with E-state index < -0.39 is 10.0 Å². The maximum atomic E-state index is 12.1. The van der Waals surface area contributed by atoms with Crippen molar-refractivity contribution in [3.8, 4) is 5.75 Å². The molecule has 0 saturated heterocycles. The predicted molar refractivity (Wildman–Crippen MR) is 67.5 cm³/mol. The van der Waals surface area contributed by atoms with Gasteiger partial charge in [0.1, 0.15) is 5.75 Å². The zero-order valence-electron chi connectivity index (χ0n) is 9.37. The molecule has 0 radical (unpaired) electrons. The minimum atomic E-state index is -3.57. The van der Waals surface area contributed by atoms with E-state index in [-0.39, 0.29) is 16.7 Å². The van der Waals surface area contributed by atoms with Crippen molar-refractivity contribution in [2.24, 2.45) is 0 Å². The lowest BCUT2D eigenvalue weighted by Gasteiger charge is -2.13. The lowest BCUT2D eigenvalue weighted by molar-refractivity contribution is 0.474. The maximum absolute atomic E-state index is 12.1. The van der Waals surface area contributed by atoms with Crippen LogP contribution in [0.5, 0.6) is 5.75 Å². The normalized spacial score (nSPS) is 18.0. The number of nitrogens with one attached hydrogen (secondary N) is 1. The lowest BCUT2D eigenvalue weighted by atomic mass is 10.2. The number of phenolic OH excluding ortho intramolecular Hbond substituents is 1. The molecule has 3 rings (SSSR count). The second-order valence-corrected chi connectivity index (χ2v) is 5.93. The lowest BCUT2D eigenvalue weighted by Crippen LogP contribution is -2.34. The van der Waals surface area contributed by atoms with Gasteiger partial charge < -0.3 is 5.11 Å². The fraction of sp³-hybridized carbons (Fsp3) is 0.0769. The van der Waals surface area contributed by atoms with Crippen molar-refractivity contribution in [2.45, 2.75) is 10.9 Å². The van der Waals surface area contributed by atoms with Gasteiger partial charge in [-0.15, -0.1) is 0 Å². The third-order valence-electron chi connectivity index (χ3n) is 3.02. The number of hydrogen-bond acceptors (Lipinski definition) is 3. The minimum Gasteiger partial charge on any atom is -0.508 e. The quantitative estimate of drug-likeness (QED) is 0.866. The fourth-order valence-corrected chi connectivity index (χ4v) is 3.27. The second kappa shape index (κ2) is 3.83. The molecule has 1 aromatic carbocycles. The van der Waals surface area contributed by atoms with Gasteiger partial charge in [0.25, 0.3) is 0 Å². The molecule has 2 bridgehead atoms. The van der Waals surface area contributed by atoms with Gasteiger partial charge >= 0.3 is 0 Å². The summed E-state index contributed by atoms with van der Waals surface area (Å²) < 4.78 is 26.9. The van der Waals surface area contributed by atoms with Crippen LogP contribution in [0.3, 0.4) is 0 Å². The van der Waals surface area contributed by atoms with Crippen LogP contribution in [0, 0.1) is 0 Å². The van der Waals surface area contributed by atoms with Gasteiger partial charge in [0.15, 0.2) is 0 Å². The average Bonchev–Trinajstić information content (AvgIpc) is 2.89. The molecular formula is C13H11NO3S. The molecule has 92 valence electrons. The molecule has 2 aliphatic rings. The first-order chi connectivity index (χ1) is 8.56. The number of benzene rings is 1. The van der Waals surface area contributed by atoms with E-state index in [9.17, 15) is 8.42 Å². The summed E-state index contributed by atoms with van der Waals surface area (Å²) in [5, 5.41) is 9.16. The van der Waals surface area contributed by atoms with Crippen molar-refractivity contribution in [3.63, 3.8) is 0 Å². The topological polar surface area (TPSA) is 66.4 Å². The summed E-state index contributed by atoms with van der Waals surface area (Å²) >= 11 is 0. The van der Waals surface area contributed by atoms with Crippen molar-refractivity contribution in [1.29, 1.82) is 0 Å².